The quantitative estimate of drug-likeness (QED) is 0.662. The van der Waals surface area contributed by atoms with Crippen LogP contribution in [0, 0.1) is 11.6 Å². The zero-order chi connectivity index (χ0) is 19.1. The van der Waals surface area contributed by atoms with Crippen molar-refractivity contribution >= 4 is 11.9 Å². The summed E-state index contributed by atoms with van der Waals surface area (Å²) in [5.74, 6) is -1.97. The van der Waals surface area contributed by atoms with Crippen LogP contribution in [0.1, 0.15) is 38.2 Å². The van der Waals surface area contributed by atoms with E-state index in [1.807, 2.05) is 4.90 Å². The summed E-state index contributed by atoms with van der Waals surface area (Å²) in [6.45, 7) is 1.85. The number of carbonyl (C=O) groups excluding carboxylic acids is 2. The molecule has 0 aliphatic heterocycles. The predicted molar refractivity (Wildman–Crippen MR) is 93.3 cm³/mol. The number of benzene rings is 1. The molecule has 0 spiro atoms. The summed E-state index contributed by atoms with van der Waals surface area (Å²) in [6, 6.07) is 3.88. The average molecular weight is 368 g/mol. The Hall–Kier alpha value is -2.02. The fourth-order valence-electron chi connectivity index (χ4n) is 3.25. The monoisotopic (exact) mass is 368 g/mol. The van der Waals surface area contributed by atoms with Gasteiger partial charge in [0.1, 0.15) is 18.2 Å². The Bertz CT molecular complexity index is 613. The molecule has 2 rings (SSSR count). The van der Waals surface area contributed by atoms with Crippen LogP contribution in [-0.4, -0.2) is 54.5 Å². The smallest absolute Gasteiger partial charge is 0.325 e. The van der Waals surface area contributed by atoms with E-state index in [0.717, 1.165) is 25.7 Å². The van der Waals surface area contributed by atoms with Crippen molar-refractivity contribution in [1.82, 2.24) is 9.80 Å². The molecule has 0 unspecified atom stereocenters. The van der Waals surface area contributed by atoms with E-state index in [9.17, 15) is 18.4 Å². The molecule has 1 fully saturated rings. The maximum atomic E-state index is 14.0. The number of rotatable bonds is 8. The zero-order valence-electron chi connectivity index (χ0n) is 15.3. The summed E-state index contributed by atoms with van der Waals surface area (Å²) >= 11 is 0. The van der Waals surface area contributed by atoms with Crippen molar-refractivity contribution in [2.24, 2.45) is 0 Å². The van der Waals surface area contributed by atoms with E-state index < -0.39 is 17.6 Å². The standard InChI is InChI=1S/C19H26F2N2O3/c1-3-26-19(25)13-22(2)18(24)12-23(14-7-4-5-8-14)11-15-16(20)9-6-10-17(15)21/h6,9-10,14H,3-5,7-8,11-13H2,1-2H3. The number of halogens is 2. The number of carbonyl (C=O) groups is 2. The zero-order valence-corrected chi connectivity index (χ0v) is 15.3. The van der Waals surface area contributed by atoms with Gasteiger partial charge in [-0.2, -0.15) is 0 Å². The molecule has 1 aromatic carbocycles. The molecule has 0 saturated heterocycles. The van der Waals surface area contributed by atoms with Crippen LogP contribution in [0.3, 0.4) is 0 Å². The average Bonchev–Trinajstić information content (AvgIpc) is 3.11. The van der Waals surface area contributed by atoms with Gasteiger partial charge in [-0.05, 0) is 31.9 Å². The van der Waals surface area contributed by atoms with Gasteiger partial charge in [0.2, 0.25) is 5.91 Å². The minimum atomic E-state index is -0.611. The normalized spacial score (nSPS) is 14.7. The van der Waals surface area contributed by atoms with E-state index in [1.165, 1.54) is 30.1 Å². The molecular formula is C19H26F2N2O3. The van der Waals surface area contributed by atoms with Crippen LogP contribution in [0.4, 0.5) is 8.78 Å². The van der Waals surface area contributed by atoms with E-state index in [-0.39, 0.29) is 43.8 Å². The second-order valence-corrected chi connectivity index (χ2v) is 6.60. The lowest BCUT2D eigenvalue weighted by molar-refractivity contribution is -0.148. The van der Waals surface area contributed by atoms with Crippen molar-refractivity contribution in [3.8, 4) is 0 Å². The van der Waals surface area contributed by atoms with Gasteiger partial charge in [0.25, 0.3) is 0 Å². The number of nitrogens with zero attached hydrogens (tertiary/aromatic N) is 2. The number of hydrogen-bond donors (Lipinski definition) is 0. The Morgan fingerprint density at radius 3 is 2.35 bits per heavy atom. The van der Waals surface area contributed by atoms with Crippen LogP contribution < -0.4 is 0 Å². The molecule has 0 aromatic heterocycles. The molecule has 0 radical (unpaired) electrons. The highest BCUT2D eigenvalue weighted by atomic mass is 19.1. The Morgan fingerprint density at radius 1 is 1.15 bits per heavy atom. The summed E-state index contributed by atoms with van der Waals surface area (Å²) in [4.78, 5) is 27.2. The Kier molecular flexibility index (Phi) is 7.50. The van der Waals surface area contributed by atoms with Gasteiger partial charge >= 0.3 is 5.97 Å². The molecule has 1 aromatic rings. The molecule has 5 nitrogen and oxygen atoms in total. The van der Waals surface area contributed by atoms with Crippen LogP contribution in [0.2, 0.25) is 0 Å². The van der Waals surface area contributed by atoms with Gasteiger partial charge in [-0.3, -0.25) is 14.5 Å². The highest BCUT2D eigenvalue weighted by Crippen LogP contribution is 2.26. The first kappa shape index (κ1) is 20.3. The molecule has 1 amide bonds. The molecular weight excluding hydrogens is 342 g/mol. The van der Waals surface area contributed by atoms with Crippen molar-refractivity contribution < 1.29 is 23.1 Å². The summed E-state index contributed by atoms with van der Waals surface area (Å²) in [5.41, 5.74) is -0.0276. The molecule has 7 heteroatoms. The van der Waals surface area contributed by atoms with Crippen molar-refractivity contribution in [1.29, 1.82) is 0 Å². The van der Waals surface area contributed by atoms with Crippen LogP contribution in [0.25, 0.3) is 0 Å². The lowest BCUT2D eigenvalue weighted by atomic mass is 10.1. The second-order valence-electron chi connectivity index (χ2n) is 6.60. The van der Waals surface area contributed by atoms with E-state index in [1.54, 1.807) is 6.92 Å². The van der Waals surface area contributed by atoms with Crippen molar-refractivity contribution in [3.63, 3.8) is 0 Å². The summed E-state index contributed by atoms with van der Waals surface area (Å²) < 4.78 is 32.9. The number of hydrogen-bond acceptors (Lipinski definition) is 4. The number of amides is 1. The molecule has 0 heterocycles. The molecule has 1 aliphatic rings. The highest BCUT2D eigenvalue weighted by molar-refractivity contribution is 5.83. The van der Waals surface area contributed by atoms with Crippen LogP contribution in [0.15, 0.2) is 18.2 Å². The van der Waals surface area contributed by atoms with Crippen LogP contribution >= 0.6 is 0 Å². The molecule has 26 heavy (non-hydrogen) atoms. The van der Waals surface area contributed by atoms with Gasteiger partial charge in [-0.25, -0.2) is 8.78 Å². The Balaban J connectivity index is 2.07. The Morgan fingerprint density at radius 2 is 1.77 bits per heavy atom. The fourth-order valence-corrected chi connectivity index (χ4v) is 3.25. The van der Waals surface area contributed by atoms with Gasteiger partial charge < -0.3 is 9.64 Å². The van der Waals surface area contributed by atoms with E-state index in [2.05, 4.69) is 0 Å². The summed E-state index contributed by atoms with van der Waals surface area (Å²) in [6.07, 6.45) is 3.86. The highest BCUT2D eigenvalue weighted by Gasteiger charge is 2.27. The predicted octanol–water partition coefficient (Wildman–Crippen LogP) is 2.73. The van der Waals surface area contributed by atoms with Gasteiger partial charge in [0.15, 0.2) is 0 Å². The maximum absolute atomic E-state index is 14.0. The third-order valence-corrected chi connectivity index (χ3v) is 4.70. The molecule has 0 atom stereocenters. The fraction of sp³-hybridized carbons (Fsp3) is 0.579. The van der Waals surface area contributed by atoms with Gasteiger partial charge in [-0.15, -0.1) is 0 Å². The van der Waals surface area contributed by atoms with E-state index >= 15 is 0 Å². The number of likely N-dealkylation sites (N-methyl/N-ethyl adjacent to an activating group) is 1. The van der Waals surface area contributed by atoms with Gasteiger partial charge in [0.05, 0.1) is 13.2 Å². The van der Waals surface area contributed by atoms with Crippen molar-refractivity contribution in [2.75, 3.05) is 26.7 Å². The van der Waals surface area contributed by atoms with Crippen molar-refractivity contribution in [2.45, 2.75) is 45.2 Å². The van der Waals surface area contributed by atoms with Gasteiger partial charge in [0, 0.05) is 25.2 Å². The molecule has 1 aliphatic carbocycles. The first-order chi connectivity index (χ1) is 12.4. The Labute approximate surface area is 152 Å². The molecule has 1 saturated carbocycles. The third kappa shape index (κ3) is 5.49. The molecule has 0 bridgehead atoms. The van der Waals surface area contributed by atoms with Crippen LogP contribution in [0.5, 0.6) is 0 Å². The van der Waals surface area contributed by atoms with Crippen molar-refractivity contribution in [3.05, 3.63) is 35.4 Å². The second kappa shape index (κ2) is 9.62. The molecule has 0 N–H and O–H groups in total. The number of esters is 1. The van der Waals surface area contributed by atoms with Gasteiger partial charge in [-0.1, -0.05) is 18.9 Å². The van der Waals surface area contributed by atoms with Crippen LogP contribution in [-0.2, 0) is 20.9 Å². The first-order valence-corrected chi connectivity index (χ1v) is 8.98. The third-order valence-electron chi connectivity index (χ3n) is 4.70. The lowest BCUT2D eigenvalue weighted by Crippen LogP contribution is -2.44. The summed E-state index contributed by atoms with van der Waals surface area (Å²) in [7, 11) is 1.52. The maximum Gasteiger partial charge on any atom is 0.325 e. The minimum absolute atomic E-state index is 0.00828. The first-order valence-electron chi connectivity index (χ1n) is 8.98. The SMILES string of the molecule is CCOC(=O)CN(C)C(=O)CN(Cc1c(F)cccc1F)C1CCCC1. The topological polar surface area (TPSA) is 49.9 Å². The minimum Gasteiger partial charge on any atom is -0.465 e. The summed E-state index contributed by atoms with van der Waals surface area (Å²) in [5, 5.41) is 0. The molecule has 144 valence electrons. The largest absolute Gasteiger partial charge is 0.465 e. The number of ether oxygens (including phenoxy) is 1. The van der Waals surface area contributed by atoms with E-state index in [4.69, 9.17) is 4.74 Å². The lowest BCUT2D eigenvalue weighted by Gasteiger charge is -2.30. The van der Waals surface area contributed by atoms with E-state index in [0.29, 0.717) is 0 Å².